The Morgan fingerprint density at radius 1 is 1.50 bits per heavy atom. The predicted molar refractivity (Wildman–Crippen MR) is 34.0 cm³/mol. The Balaban J connectivity index is 3.13. The fourth-order valence-corrected chi connectivity index (χ4v) is 0.521. The smallest absolute Gasteiger partial charge is 0.301 e. The lowest BCUT2D eigenvalue weighted by molar-refractivity contribution is -0.222. The SMILES string of the molecule is CCCCOOP(=O)(O)O. The van der Waals surface area contributed by atoms with E-state index < -0.39 is 7.82 Å². The first-order chi connectivity index (χ1) is 4.56. The lowest BCUT2D eigenvalue weighted by atomic mass is 10.4. The quantitative estimate of drug-likeness (QED) is 0.276. The fourth-order valence-electron chi connectivity index (χ4n) is 0.309. The highest BCUT2D eigenvalue weighted by atomic mass is 31.2. The monoisotopic (exact) mass is 170 g/mol. The minimum atomic E-state index is -4.43. The molecule has 0 atom stereocenters. The molecule has 62 valence electrons. The molecule has 0 unspecified atom stereocenters. The molecule has 0 aliphatic heterocycles. The van der Waals surface area contributed by atoms with Crippen LogP contribution in [0.15, 0.2) is 0 Å². The van der Waals surface area contributed by atoms with Crippen molar-refractivity contribution in [2.75, 3.05) is 6.61 Å². The first kappa shape index (κ1) is 10.1. The maximum Gasteiger partial charge on any atom is 0.496 e. The summed E-state index contributed by atoms with van der Waals surface area (Å²) in [5.74, 6) is 0. The second-order valence-corrected chi connectivity index (χ2v) is 2.87. The Morgan fingerprint density at radius 2 is 2.10 bits per heavy atom. The summed E-state index contributed by atoms with van der Waals surface area (Å²) in [5.41, 5.74) is 0. The predicted octanol–water partition coefficient (Wildman–Crippen LogP) is 0.827. The van der Waals surface area contributed by atoms with Gasteiger partial charge in [-0.05, 0) is 6.42 Å². The van der Waals surface area contributed by atoms with Gasteiger partial charge in [0.15, 0.2) is 0 Å². The molecule has 2 N–H and O–H groups in total. The van der Waals surface area contributed by atoms with E-state index in [0.717, 1.165) is 12.8 Å². The fraction of sp³-hybridized carbons (Fsp3) is 1.00. The van der Waals surface area contributed by atoms with E-state index in [1.165, 1.54) is 0 Å². The molecule has 0 aromatic carbocycles. The molecule has 0 fully saturated rings. The molecule has 0 spiro atoms. The van der Waals surface area contributed by atoms with Crippen molar-refractivity contribution >= 4 is 7.82 Å². The van der Waals surface area contributed by atoms with Gasteiger partial charge in [0.2, 0.25) is 0 Å². The topological polar surface area (TPSA) is 76.0 Å². The van der Waals surface area contributed by atoms with E-state index in [0.29, 0.717) is 0 Å². The second-order valence-electron chi connectivity index (χ2n) is 1.74. The lowest BCUT2D eigenvalue weighted by Gasteiger charge is -2.02. The van der Waals surface area contributed by atoms with Crippen LogP contribution >= 0.6 is 7.82 Å². The van der Waals surface area contributed by atoms with E-state index in [-0.39, 0.29) is 6.61 Å². The molecule has 0 aromatic rings. The molecule has 0 heterocycles. The zero-order valence-electron chi connectivity index (χ0n) is 5.69. The Kier molecular flexibility index (Phi) is 4.85. The van der Waals surface area contributed by atoms with Gasteiger partial charge < -0.3 is 9.79 Å². The number of rotatable bonds is 5. The van der Waals surface area contributed by atoms with Crippen LogP contribution in [0.1, 0.15) is 19.8 Å². The second kappa shape index (κ2) is 4.82. The van der Waals surface area contributed by atoms with Crippen molar-refractivity contribution in [1.82, 2.24) is 0 Å². The minimum absolute atomic E-state index is 0.210. The van der Waals surface area contributed by atoms with Gasteiger partial charge in [0.1, 0.15) is 0 Å². The number of phosphoric acid groups is 1. The van der Waals surface area contributed by atoms with Crippen molar-refractivity contribution < 1.29 is 23.9 Å². The van der Waals surface area contributed by atoms with Gasteiger partial charge in [-0.15, -0.1) is 4.67 Å². The van der Waals surface area contributed by atoms with E-state index in [4.69, 9.17) is 9.79 Å². The Morgan fingerprint density at radius 3 is 2.50 bits per heavy atom. The summed E-state index contributed by atoms with van der Waals surface area (Å²) >= 11 is 0. The summed E-state index contributed by atoms with van der Waals surface area (Å²) in [6.07, 6.45) is 1.62. The lowest BCUT2D eigenvalue weighted by Crippen LogP contribution is -1.93. The third-order valence-corrected chi connectivity index (χ3v) is 1.03. The van der Waals surface area contributed by atoms with Crippen LogP contribution in [0.2, 0.25) is 0 Å². The van der Waals surface area contributed by atoms with Crippen LogP contribution in [-0.4, -0.2) is 16.4 Å². The average molecular weight is 170 g/mol. The molecule has 0 aromatic heterocycles. The van der Waals surface area contributed by atoms with Crippen LogP contribution < -0.4 is 0 Å². The first-order valence-corrected chi connectivity index (χ1v) is 4.46. The summed E-state index contributed by atoms with van der Waals surface area (Å²) in [5, 5.41) is 0. The molecule has 6 heteroatoms. The summed E-state index contributed by atoms with van der Waals surface area (Å²) in [6, 6.07) is 0. The summed E-state index contributed by atoms with van der Waals surface area (Å²) in [7, 11) is -4.43. The molecular formula is C4H11O5P. The van der Waals surface area contributed by atoms with Crippen molar-refractivity contribution in [1.29, 1.82) is 0 Å². The van der Waals surface area contributed by atoms with Gasteiger partial charge in [0.25, 0.3) is 0 Å². The van der Waals surface area contributed by atoms with Gasteiger partial charge in [-0.3, -0.25) is 0 Å². The van der Waals surface area contributed by atoms with Crippen molar-refractivity contribution in [3.05, 3.63) is 0 Å². The summed E-state index contributed by atoms with van der Waals surface area (Å²) in [4.78, 5) is 20.3. The van der Waals surface area contributed by atoms with Gasteiger partial charge in [-0.1, -0.05) is 13.3 Å². The normalized spacial score (nSPS) is 11.9. The van der Waals surface area contributed by atoms with Gasteiger partial charge in [0.05, 0.1) is 6.61 Å². The molecule has 5 nitrogen and oxygen atoms in total. The molecule has 0 aliphatic carbocycles. The van der Waals surface area contributed by atoms with E-state index in [1.54, 1.807) is 0 Å². The van der Waals surface area contributed by atoms with Gasteiger partial charge >= 0.3 is 7.82 Å². The van der Waals surface area contributed by atoms with Crippen molar-refractivity contribution in [3.8, 4) is 0 Å². The van der Waals surface area contributed by atoms with Crippen molar-refractivity contribution in [2.45, 2.75) is 19.8 Å². The van der Waals surface area contributed by atoms with Crippen molar-refractivity contribution in [2.24, 2.45) is 0 Å². The Hall–Kier alpha value is 0.0700. The van der Waals surface area contributed by atoms with Gasteiger partial charge in [-0.25, -0.2) is 9.45 Å². The van der Waals surface area contributed by atoms with Gasteiger partial charge in [-0.2, -0.15) is 0 Å². The zero-order chi connectivity index (χ0) is 8.04. The Labute approximate surface area is 59.1 Å². The number of hydrogen-bond acceptors (Lipinski definition) is 3. The van der Waals surface area contributed by atoms with E-state index in [2.05, 4.69) is 9.56 Å². The third kappa shape index (κ3) is 8.07. The van der Waals surface area contributed by atoms with Crippen LogP contribution in [-0.2, 0) is 14.1 Å². The highest BCUT2D eigenvalue weighted by Gasteiger charge is 2.14. The van der Waals surface area contributed by atoms with Crippen LogP contribution in [0.4, 0.5) is 0 Å². The molecule has 0 saturated heterocycles. The maximum atomic E-state index is 9.94. The molecule has 0 rings (SSSR count). The molecule has 0 aliphatic rings. The van der Waals surface area contributed by atoms with Crippen LogP contribution in [0.5, 0.6) is 0 Å². The highest BCUT2D eigenvalue weighted by Crippen LogP contribution is 2.35. The first-order valence-electron chi connectivity index (χ1n) is 2.93. The van der Waals surface area contributed by atoms with Crippen LogP contribution in [0.3, 0.4) is 0 Å². The minimum Gasteiger partial charge on any atom is -0.301 e. The maximum absolute atomic E-state index is 9.94. The summed E-state index contributed by atoms with van der Waals surface area (Å²) in [6.45, 7) is 2.14. The van der Waals surface area contributed by atoms with E-state index in [1.807, 2.05) is 6.92 Å². The standard InChI is InChI=1S/C4H11O5P/c1-2-3-4-8-9-10(5,6)7/h2-4H2,1H3,(H2,5,6,7). The zero-order valence-corrected chi connectivity index (χ0v) is 6.58. The molecule has 0 amide bonds. The molecule has 0 bridgehead atoms. The highest BCUT2D eigenvalue weighted by molar-refractivity contribution is 7.46. The molecule has 0 radical (unpaired) electrons. The number of unbranched alkanes of at least 4 members (excludes halogenated alkanes) is 1. The van der Waals surface area contributed by atoms with Crippen LogP contribution in [0.25, 0.3) is 0 Å². The molecule has 10 heavy (non-hydrogen) atoms. The third-order valence-electron chi connectivity index (χ3n) is 0.731. The van der Waals surface area contributed by atoms with E-state index >= 15 is 0 Å². The van der Waals surface area contributed by atoms with Crippen molar-refractivity contribution in [3.63, 3.8) is 0 Å². The largest absolute Gasteiger partial charge is 0.496 e. The van der Waals surface area contributed by atoms with E-state index in [9.17, 15) is 4.57 Å². The molecular weight excluding hydrogens is 159 g/mol. The Bertz CT molecular complexity index is 119. The van der Waals surface area contributed by atoms with Crippen LogP contribution in [0, 0.1) is 0 Å². The summed E-state index contributed by atoms with van der Waals surface area (Å²) < 4.78 is 13.6. The van der Waals surface area contributed by atoms with Gasteiger partial charge in [0, 0.05) is 0 Å². The average Bonchev–Trinajstić information content (AvgIpc) is 1.78. The number of hydrogen-bond donors (Lipinski definition) is 2. The molecule has 0 saturated carbocycles.